The van der Waals surface area contributed by atoms with Crippen LogP contribution in [0.4, 0.5) is 13.2 Å². The number of halogens is 3. The highest BCUT2D eigenvalue weighted by Crippen LogP contribution is 2.23. The number of carboxylic acid groups (broad SMARTS) is 1. The summed E-state index contributed by atoms with van der Waals surface area (Å²) in [6, 6.07) is 4.40. The number of nitrogens with zero attached hydrogens (tertiary/aromatic N) is 3. The van der Waals surface area contributed by atoms with Crippen molar-refractivity contribution in [2.45, 2.75) is 39.2 Å². The van der Waals surface area contributed by atoms with Crippen LogP contribution in [0.1, 0.15) is 22.7 Å². The van der Waals surface area contributed by atoms with Gasteiger partial charge in [0.25, 0.3) is 0 Å². The average Bonchev–Trinajstić information content (AvgIpc) is 3.18. The van der Waals surface area contributed by atoms with Gasteiger partial charge >= 0.3 is 12.1 Å². The van der Waals surface area contributed by atoms with Gasteiger partial charge in [0.1, 0.15) is 0 Å². The summed E-state index contributed by atoms with van der Waals surface area (Å²) in [7, 11) is 1.79. The Labute approximate surface area is 165 Å². The fraction of sp³-hybridized carbons (Fsp3) is 0.556. The van der Waals surface area contributed by atoms with E-state index in [-0.39, 0.29) is 0 Å². The molecule has 0 saturated heterocycles. The van der Waals surface area contributed by atoms with E-state index in [9.17, 15) is 13.2 Å². The molecule has 1 aliphatic rings. The Balaban J connectivity index is 0.000000345. The van der Waals surface area contributed by atoms with Gasteiger partial charge < -0.3 is 14.4 Å². The molecule has 3 rings (SSSR count). The number of rotatable bonds is 5. The van der Waals surface area contributed by atoms with Crippen molar-refractivity contribution in [3.05, 3.63) is 40.1 Å². The van der Waals surface area contributed by atoms with Crippen LogP contribution >= 0.6 is 11.3 Å². The van der Waals surface area contributed by atoms with Crippen LogP contribution in [0.3, 0.4) is 0 Å². The molecule has 0 fully saturated rings. The summed E-state index contributed by atoms with van der Waals surface area (Å²) in [4.78, 5) is 17.2. The lowest BCUT2D eigenvalue weighted by Crippen LogP contribution is -2.28. The molecule has 0 aliphatic carbocycles. The molecule has 1 N–H and O–H groups in total. The molecule has 0 spiro atoms. The number of hydrogen-bond donors (Lipinski definition) is 1. The van der Waals surface area contributed by atoms with Gasteiger partial charge in [-0.25, -0.2) is 9.78 Å². The normalized spacial score (nSPS) is 17.4. The molecule has 2 aromatic rings. The lowest BCUT2D eigenvalue weighted by Gasteiger charge is -2.23. The Hall–Kier alpha value is -1.91. The number of aryl methyl sites for hydroxylation is 1. The zero-order chi connectivity index (χ0) is 20.7. The molecule has 0 bridgehead atoms. The number of aliphatic carboxylic acids is 1. The summed E-state index contributed by atoms with van der Waals surface area (Å²) in [5.74, 6) is -2.11. The molecule has 1 atom stereocenters. The first-order valence-electron chi connectivity index (χ1n) is 8.75. The molecule has 0 saturated carbocycles. The molecule has 0 amide bonds. The van der Waals surface area contributed by atoms with Gasteiger partial charge in [-0.1, -0.05) is 0 Å². The second kappa shape index (κ2) is 10.0. The highest BCUT2D eigenvalue weighted by molar-refractivity contribution is 7.09. The summed E-state index contributed by atoms with van der Waals surface area (Å²) in [5.41, 5.74) is 4.54. The van der Waals surface area contributed by atoms with Crippen molar-refractivity contribution in [3.63, 3.8) is 0 Å². The third-order valence-electron chi connectivity index (χ3n) is 4.47. The monoisotopic (exact) mass is 419 g/mol. The second-order valence-corrected chi connectivity index (χ2v) is 7.57. The molecule has 28 heavy (non-hydrogen) atoms. The number of carboxylic acids is 1. The summed E-state index contributed by atoms with van der Waals surface area (Å²) in [5, 5.41) is 7.12. The second-order valence-electron chi connectivity index (χ2n) is 6.63. The van der Waals surface area contributed by atoms with Crippen molar-refractivity contribution in [1.29, 1.82) is 0 Å². The Morgan fingerprint density at radius 2 is 2.14 bits per heavy atom. The smallest absolute Gasteiger partial charge is 0.475 e. The summed E-state index contributed by atoms with van der Waals surface area (Å²) in [6.45, 7) is 7.20. The highest BCUT2D eigenvalue weighted by atomic mass is 32.1. The van der Waals surface area contributed by atoms with Crippen LogP contribution in [0.15, 0.2) is 23.8 Å². The molecule has 6 nitrogen and oxygen atoms in total. The first-order chi connectivity index (χ1) is 13.2. The summed E-state index contributed by atoms with van der Waals surface area (Å²) in [6.07, 6.45) is -1.76. The zero-order valence-corrected chi connectivity index (χ0v) is 16.6. The highest BCUT2D eigenvalue weighted by Gasteiger charge is 2.38. The summed E-state index contributed by atoms with van der Waals surface area (Å²) < 4.78 is 39.4. The predicted molar refractivity (Wildman–Crippen MR) is 99.1 cm³/mol. The van der Waals surface area contributed by atoms with Crippen molar-refractivity contribution in [2.24, 2.45) is 5.92 Å². The molecule has 10 heteroatoms. The largest absolute Gasteiger partial charge is 0.490 e. The number of ether oxygens (including phenoxy) is 1. The number of carbonyl (C=O) groups is 1. The van der Waals surface area contributed by atoms with Gasteiger partial charge in [0.05, 0.1) is 11.2 Å². The van der Waals surface area contributed by atoms with Crippen molar-refractivity contribution < 1.29 is 27.8 Å². The number of aromatic nitrogens is 2. The Morgan fingerprint density at radius 3 is 2.71 bits per heavy atom. The minimum absolute atomic E-state index is 0.645. The van der Waals surface area contributed by atoms with Gasteiger partial charge in [-0.05, 0) is 31.4 Å². The van der Waals surface area contributed by atoms with Crippen LogP contribution in [-0.2, 0) is 29.2 Å². The van der Waals surface area contributed by atoms with Crippen molar-refractivity contribution in [3.8, 4) is 0 Å². The van der Waals surface area contributed by atoms with Gasteiger partial charge in [0.2, 0.25) is 0 Å². The van der Waals surface area contributed by atoms with E-state index in [0.29, 0.717) is 5.92 Å². The third-order valence-corrected chi connectivity index (χ3v) is 5.39. The van der Waals surface area contributed by atoms with E-state index in [2.05, 4.69) is 39.7 Å². The standard InChI is InChI=1S/C16H23N3OS.C2HF3O2/c1-13-16(21-12-17-13)11-18-8-14(5-7-20-2)9-19-6-3-4-15(19)10-18;3-2(4,5)1(6)7/h3-4,6,12,14H,5,7-11H2,1-2H3;(H,6,7). The molecule has 156 valence electrons. The van der Waals surface area contributed by atoms with E-state index in [1.54, 1.807) is 18.4 Å². The first kappa shape index (κ1) is 22.4. The van der Waals surface area contributed by atoms with Crippen molar-refractivity contribution in [2.75, 3.05) is 20.3 Å². The topological polar surface area (TPSA) is 67.6 Å². The SMILES string of the molecule is COCCC1CN(Cc2scnc2C)Cc2cccn2C1.O=C(O)C(F)(F)F. The maximum atomic E-state index is 10.6. The Morgan fingerprint density at radius 1 is 1.43 bits per heavy atom. The lowest BCUT2D eigenvalue weighted by atomic mass is 10.1. The fourth-order valence-electron chi connectivity index (χ4n) is 3.03. The van der Waals surface area contributed by atoms with Gasteiger partial charge in [0.15, 0.2) is 0 Å². The van der Waals surface area contributed by atoms with Crippen LogP contribution in [-0.4, -0.2) is 52.0 Å². The van der Waals surface area contributed by atoms with E-state index in [1.165, 1.54) is 16.3 Å². The number of thiazole rings is 1. The average molecular weight is 419 g/mol. The van der Waals surface area contributed by atoms with Gasteiger partial charge in [-0.3, -0.25) is 4.90 Å². The number of methoxy groups -OCH3 is 1. The van der Waals surface area contributed by atoms with E-state index in [0.717, 1.165) is 39.2 Å². The summed E-state index contributed by atoms with van der Waals surface area (Å²) >= 11 is 1.77. The minimum Gasteiger partial charge on any atom is -0.475 e. The quantitative estimate of drug-likeness (QED) is 0.803. The molecule has 1 unspecified atom stereocenters. The number of fused-ring (bicyclic) bond motifs is 1. The molecule has 3 heterocycles. The maximum Gasteiger partial charge on any atom is 0.490 e. The lowest BCUT2D eigenvalue weighted by molar-refractivity contribution is -0.192. The van der Waals surface area contributed by atoms with Crippen molar-refractivity contribution >= 4 is 17.3 Å². The van der Waals surface area contributed by atoms with Crippen molar-refractivity contribution in [1.82, 2.24) is 14.5 Å². The molecule has 2 aromatic heterocycles. The van der Waals surface area contributed by atoms with Crippen LogP contribution < -0.4 is 0 Å². The van der Waals surface area contributed by atoms with Crippen LogP contribution in [0.5, 0.6) is 0 Å². The van der Waals surface area contributed by atoms with E-state index in [1.807, 2.05) is 5.51 Å². The van der Waals surface area contributed by atoms with Gasteiger partial charge in [-0.2, -0.15) is 13.2 Å². The van der Waals surface area contributed by atoms with E-state index >= 15 is 0 Å². The van der Waals surface area contributed by atoms with Crippen LogP contribution in [0.25, 0.3) is 0 Å². The number of alkyl halides is 3. The van der Waals surface area contributed by atoms with Crippen LogP contribution in [0, 0.1) is 12.8 Å². The molecule has 0 aromatic carbocycles. The zero-order valence-electron chi connectivity index (χ0n) is 15.8. The Kier molecular flexibility index (Phi) is 8.02. The van der Waals surface area contributed by atoms with Gasteiger partial charge in [-0.15, -0.1) is 11.3 Å². The molecule has 1 aliphatic heterocycles. The van der Waals surface area contributed by atoms with Gasteiger partial charge in [0, 0.05) is 56.7 Å². The fourth-order valence-corrected chi connectivity index (χ4v) is 3.85. The Bertz CT molecular complexity index is 761. The minimum atomic E-state index is -5.08. The molecular weight excluding hydrogens is 395 g/mol. The molecular formula is C18H24F3N3O3S. The molecule has 0 radical (unpaired) electrons. The van der Waals surface area contributed by atoms with E-state index < -0.39 is 12.1 Å². The van der Waals surface area contributed by atoms with E-state index in [4.69, 9.17) is 14.6 Å². The maximum absolute atomic E-state index is 10.6. The van der Waals surface area contributed by atoms with Crippen LogP contribution in [0.2, 0.25) is 0 Å². The first-order valence-corrected chi connectivity index (χ1v) is 9.63. The predicted octanol–water partition coefficient (Wildman–Crippen LogP) is 3.55. The third kappa shape index (κ3) is 6.61. The number of hydrogen-bond acceptors (Lipinski definition) is 5.